The van der Waals surface area contributed by atoms with E-state index < -0.39 is 5.63 Å². The van der Waals surface area contributed by atoms with E-state index in [4.69, 9.17) is 14.4 Å². The van der Waals surface area contributed by atoms with E-state index in [1.807, 2.05) is 73.7 Å². The third-order valence-corrected chi connectivity index (χ3v) is 6.48. The van der Waals surface area contributed by atoms with E-state index in [9.17, 15) is 4.79 Å². The van der Waals surface area contributed by atoms with Crippen LogP contribution in [0.3, 0.4) is 0 Å². The monoisotopic (exact) mass is 471 g/mol. The molecule has 0 aliphatic carbocycles. The van der Waals surface area contributed by atoms with Gasteiger partial charge in [-0.05, 0) is 28.3 Å². The van der Waals surface area contributed by atoms with E-state index in [-0.39, 0.29) is 6.61 Å². The van der Waals surface area contributed by atoms with Crippen molar-refractivity contribution in [2.24, 2.45) is 5.10 Å². The summed E-state index contributed by atoms with van der Waals surface area (Å²) in [5.74, 6) is 1.75. The average Bonchev–Trinajstić information content (AvgIpc) is 3.46. The molecular weight excluding hydrogens is 452 g/mol. The molecule has 0 radical (unpaired) electrons. The van der Waals surface area contributed by atoms with Crippen LogP contribution in [-0.4, -0.2) is 31.6 Å². The Labute approximate surface area is 197 Å². The van der Waals surface area contributed by atoms with Gasteiger partial charge in [0.05, 0.1) is 5.75 Å². The SMILES string of the molecule is Cc1ccc(-[n+]2[nH]oc(=O)c2C2=Nn3c(COc4cccc5ccccc45)nnc3SC2)cc1. The molecule has 0 unspecified atom stereocenters. The number of hydrogen-bond acceptors (Lipinski definition) is 7. The Morgan fingerprint density at radius 3 is 2.79 bits per heavy atom. The second-order valence-electron chi connectivity index (χ2n) is 7.81. The minimum absolute atomic E-state index is 0.179. The van der Waals surface area contributed by atoms with Gasteiger partial charge in [0.1, 0.15) is 12.4 Å². The first-order valence-electron chi connectivity index (χ1n) is 10.6. The fraction of sp³-hybridized carbons (Fsp3) is 0.125. The van der Waals surface area contributed by atoms with Crippen molar-refractivity contribution in [3.05, 3.63) is 94.2 Å². The maximum absolute atomic E-state index is 12.6. The number of nitrogens with one attached hydrogen (secondary N) is 1. The van der Waals surface area contributed by atoms with E-state index in [2.05, 4.69) is 15.5 Å². The summed E-state index contributed by atoms with van der Waals surface area (Å²) >= 11 is 1.45. The Hall–Kier alpha value is -4.18. The molecule has 0 fully saturated rings. The van der Waals surface area contributed by atoms with Crippen LogP contribution in [-0.2, 0) is 6.61 Å². The van der Waals surface area contributed by atoms with Crippen molar-refractivity contribution >= 4 is 28.2 Å². The maximum atomic E-state index is 12.6. The minimum atomic E-state index is -0.495. The minimum Gasteiger partial charge on any atom is -0.485 e. The highest BCUT2D eigenvalue weighted by molar-refractivity contribution is 7.99. The molecule has 3 heterocycles. The summed E-state index contributed by atoms with van der Waals surface area (Å²) < 4.78 is 14.4. The number of fused-ring (bicyclic) bond motifs is 2. The number of ether oxygens (including phenoxy) is 1. The average molecular weight is 472 g/mol. The number of nitrogens with zero attached hydrogens (tertiary/aromatic N) is 5. The largest absolute Gasteiger partial charge is 0.485 e. The summed E-state index contributed by atoms with van der Waals surface area (Å²) in [7, 11) is 0. The van der Waals surface area contributed by atoms with Gasteiger partial charge in [-0.2, -0.15) is 9.78 Å². The molecule has 0 saturated carbocycles. The van der Waals surface area contributed by atoms with Crippen LogP contribution >= 0.6 is 11.8 Å². The van der Waals surface area contributed by atoms with Crippen LogP contribution in [0, 0.1) is 6.92 Å². The van der Waals surface area contributed by atoms with Crippen LogP contribution in [0.5, 0.6) is 5.75 Å². The normalized spacial score (nSPS) is 13.0. The predicted octanol–water partition coefficient (Wildman–Crippen LogP) is 3.23. The number of hydrogen-bond donors (Lipinski definition) is 1. The number of rotatable bonds is 5. The van der Waals surface area contributed by atoms with Gasteiger partial charge in [-0.25, -0.2) is 4.79 Å². The molecule has 0 amide bonds. The molecule has 168 valence electrons. The molecule has 0 atom stereocenters. The standard InChI is InChI=1S/C24H18N6O3S/c1-15-9-11-17(12-10-15)29-22(23(31)33-28-29)19-14-34-24-26-25-21(30(24)27-19)13-32-20-8-4-6-16-5-2-3-7-18(16)20/h2-12H,13-14H2,1H3/p+1. The Morgan fingerprint density at radius 1 is 1.09 bits per heavy atom. The number of aryl methyl sites for hydroxylation is 1. The summed E-state index contributed by atoms with van der Waals surface area (Å²) in [6, 6.07) is 21.7. The van der Waals surface area contributed by atoms with Gasteiger partial charge in [-0.1, -0.05) is 65.9 Å². The lowest BCUT2D eigenvalue weighted by atomic mass is 10.1. The highest BCUT2D eigenvalue weighted by Gasteiger charge is 2.32. The van der Waals surface area contributed by atoms with Gasteiger partial charge in [-0.15, -0.1) is 10.2 Å². The van der Waals surface area contributed by atoms with Gasteiger partial charge in [-0.3, -0.25) is 4.52 Å². The van der Waals surface area contributed by atoms with Gasteiger partial charge in [0.25, 0.3) is 0 Å². The molecule has 1 N–H and O–H groups in total. The molecular formula is C24H19N6O3S+. The first-order chi connectivity index (χ1) is 16.7. The molecule has 0 spiro atoms. The first-order valence-corrected chi connectivity index (χ1v) is 11.6. The molecule has 1 aliphatic heterocycles. The Balaban J connectivity index is 1.33. The van der Waals surface area contributed by atoms with Crippen molar-refractivity contribution in [2.75, 3.05) is 5.75 Å². The number of aromatic nitrogens is 5. The van der Waals surface area contributed by atoms with Crippen LogP contribution in [0.15, 0.2) is 86.3 Å². The molecule has 3 aromatic carbocycles. The Bertz CT molecular complexity index is 1590. The highest BCUT2D eigenvalue weighted by atomic mass is 32.2. The summed E-state index contributed by atoms with van der Waals surface area (Å²) in [4.78, 5) is 12.6. The van der Waals surface area contributed by atoms with Crippen LogP contribution in [0.1, 0.15) is 17.1 Å². The van der Waals surface area contributed by atoms with Crippen molar-refractivity contribution in [3.8, 4) is 11.4 Å². The van der Waals surface area contributed by atoms with Crippen LogP contribution < -0.4 is 15.0 Å². The van der Waals surface area contributed by atoms with E-state index in [1.54, 1.807) is 9.36 Å². The van der Waals surface area contributed by atoms with E-state index in [0.29, 0.717) is 28.1 Å². The predicted molar refractivity (Wildman–Crippen MR) is 127 cm³/mol. The van der Waals surface area contributed by atoms with Crippen LogP contribution in [0.25, 0.3) is 16.5 Å². The molecule has 2 aromatic heterocycles. The molecule has 6 rings (SSSR count). The zero-order valence-corrected chi connectivity index (χ0v) is 19.0. The first kappa shape index (κ1) is 20.4. The molecule has 9 nitrogen and oxygen atoms in total. The molecule has 5 aromatic rings. The van der Waals surface area contributed by atoms with Crippen molar-refractivity contribution in [3.63, 3.8) is 0 Å². The van der Waals surface area contributed by atoms with Crippen LogP contribution in [0.4, 0.5) is 0 Å². The summed E-state index contributed by atoms with van der Waals surface area (Å²) in [6.45, 7) is 2.18. The van der Waals surface area contributed by atoms with Gasteiger partial charge in [0.15, 0.2) is 11.5 Å². The van der Waals surface area contributed by atoms with Crippen molar-refractivity contribution in [1.82, 2.24) is 20.1 Å². The molecule has 34 heavy (non-hydrogen) atoms. The van der Waals surface area contributed by atoms with Crippen molar-refractivity contribution in [2.45, 2.75) is 18.7 Å². The number of H-pyrrole nitrogens is 1. The van der Waals surface area contributed by atoms with E-state index in [0.717, 1.165) is 27.8 Å². The van der Waals surface area contributed by atoms with E-state index >= 15 is 0 Å². The van der Waals surface area contributed by atoms with Gasteiger partial charge >= 0.3 is 11.3 Å². The quantitative estimate of drug-likeness (QED) is 0.395. The van der Waals surface area contributed by atoms with Gasteiger partial charge in [0, 0.05) is 17.5 Å². The summed E-state index contributed by atoms with van der Waals surface area (Å²) in [6.07, 6.45) is 0. The molecule has 1 aliphatic rings. The lowest BCUT2D eigenvalue weighted by Gasteiger charge is -2.12. The highest BCUT2D eigenvalue weighted by Crippen LogP contribution is 2.27. The maximum Gasteiger partial charge on any atom is 0.437 e. The Kier molecular flexibility index (Phi) is 4.99. The molecule has 0 saturated heterocycles. The molecule has 0 bridgehead atoms. The summed E-state index contributed by atoms with van der Waals surface area (Å²) in [5.41, 5.74) is 2.28. The van der Waals surface area contributed by atoms with Crippen molar-refractivity contribution in [1.29, 1.82) is 0 Å². The topological polar surface area (TPSA) is 102 Å². The fourth-order valence-electron chi connectivity index (χ4n) is 3.83. The third-order valence-electron chi connectivity index (χ3n) is 5.55. The third kappa shape index (κ3) is 3.57. The van der Waals surface area contributed by atoms with Crippen molar-refractivity contribution < 1.29 is 13.9 Å². The van der Waals surface area contributed by atoms with Gasteiger partial charge < -0.3 is 4.74 Å². The number of aromatic amines is 1. The second kappa shape index (κ2) is 8.31. The van der Waals surface area contributed by atoms with Gasteiger partial charge in [0.2, 0.25) is 10.8 Å². The lowest BCUT2D eigenvalue weighted by Crippen LogP contribution is -2.42. The molecule has 10 heteroatoms. The zero-order valence-electron chi connectivity index (χ0n) is 18.1. The van der Waals surface area contributed by atoms with Crippen LogP contribution in [0.2, 0.25) is 0 Å². The fourth-order valence-corrected chi connectivity index (χ4v) is 4.66. The number of benzene rings is 3. The lowest BCUT2D eigenvalue weighted by molar-refractivity contribution is -0.671. The second-order valence-corrected chi connectivity index (χ2v) is 8.75. The zero-order chi connectivity index (χ0) is 23.1. The number of thioether (sulfide) groups is 1. The van der Waals surface area contributed by atoms with E-state index in [1.165, 1.54) is 11.8 Å². The summed E-state index contributed by atoms with van der Waals surface area (Å²) in [5, 5.41) is 18.6. The Morgan fingerprint density at radius 2 is 1.91 bits per heavy atom. The smallest absolute Gasteiger partial charge is 0.437 e.